The summed E-state index contributed by atoms with van der Waals surface area (Å²) in [5.74, 6) is -0.133. The molecule has 0 fully saturated rings. The Kier molecular flexibility index (Phi) is 5.61. The molecule has 0 saturated carbocycles. The SMILES string of the molecule is COCCNCCCCN1CCc2ccc(F)cc21. The lowest BCUT2D eigenvalue weighted by Gasteiger charge is -2.19. The molecular formula is C15H23FN2O. The van der Waals surface area contributed by atoms with Crippen molar-refractivity contribution in [2.75, 3.05) is 44.8 Å². The van der Waals surface area contributed by atoms with Crippen molar-refractivity contribution in [2.45, 2.75) is 19.3 Å². The van der Waals surface area contributed by atoms with Gasteiger partial charge in [-0.3, -0.25) is 0 Å². The fourth-order valence-electron chi connectivity index (χ4n) is 2.50. The molecule has 1 aromatic rings. The third kappa shape index (κ3) is 4.18. The summed E-state index contributed by atoms with van der Waals surface area (Å²) in [6, 6.07) is 5.14. The van der Waals surface area contributed by atoms with Crippen molar-refractivity contribution in [1.29, 1.82) is 0 Å². The van der Waals surface area contributed by atoms with E-state index in [9.17, 15) is 4.39 Å². The topological polar surface area (TPSA) is 24.5 Å². The molecule has 0 saturated heterocycles. The van der Waals surface area contributed by atoms with Gasteiger partial charge in [-0.05, 0) is 43.5 Å². The van der Waals surface area contributed by atoms with Crippen LogP contribution in [0.1, 0.15) is 18.4 Å². The molecule has 0 spiro atoms. The first kappa shape index (κ1) is 14.3. The second kappa shape index (κ2) is 7.46. The van der Waals surface area contributed by atoms with Crippen molar-refractivity contribution in [1.82, 2.24) is 5.32 Å². The van der Waals surface area contributed by atoms with Gasteiger partial charge in [0.25, 0.3) is 0 Å². The van der Waals surface area contributed by atoms with E-state index >= 15 is 0 Å². The lowest BCUT2D eigenvalue weighted by atomic mass is 10.1. The molecule has 0 aromatic heterocycles. The number of rotatable bonds is 8. The summed E-state index contributed by atoms with van der Waals surface area (Å²) in [5.41, 5.74) is 2.37. The van der Waals surface area contributed by atoms with Crippen LogP contribution < -0.4 is 10.2 Å². The molecular weight excluding hydrogens is 243 g/mol. The van der Waals surface area contributed by atoms with Gasteiger partial charge in [-0.25, -0.2) is 4.39 Å². The second-order valence-electron chi connectivity index (χ2n) is 4.96. The van der Waals surface area contributed by atoms with E-state index < -0.39 is 0 Å². The van der Waals surface area contributed by atoms with E-state index in [2.05, 4.69) is 10.2 Å². The minimum absolute atomic E-state index is 0.133. The molecule has 1 aliphatic rings. The minimum Gasteiger partial charge on any atom is -0.383 e. The highest BCUT2D eigenvalue weighted by Gasteiger charge is 2.18. The van der Waals surface area contributed by atoms with Gasteiger partial charge in [0.15, 0.2) is 0 Å². The number of benzene rings is 1. The Morgan fingerprint density at radius 2 is 2.21 bits per heavy atom. The summed E-state index contributed by atoms with van der Waals surface area (Å²) in [5, 5.41) is 3.34. The van der Waals surface area contributed by atoms with E-state index in [1.807, 2.05) is 6.07 Å². The Morgan fingerprint density at radius 3 is 3.05 bits per heavy atom. The fraction of sp³-hybridized carbons (Fsp3) is 0.600. The monoisotopic (exact) mass is 266 g/mol. The molecule has 0 amide bonds. The van der Waals surface area contributed by atoms with Crippen LogP contribution in [-0.4, -0.2) is 39.9 Å². The number of anilines is 1. The van der Waals surface area contributed by atoms with Crippen molar-refractivity contribution in [3.05, 3.63) is 29.6 Å². The summed E-state index contributed by atoms with van der Waals surface area (Å²) in [6.07, 6.45) is 3.32. The molecule has 0 atom stereocenters. The molecule has 1 aromatic carbocycles. The van der Waals surface area contributed by atoms with Crippen molar-refractivity contribution < 1.29 is 9.13 Å². The maximum Gasteiger partial charge on any atom is 0.125 e. The maximum absolute atomic E-state index is 13.2. The van der Waals surface area contributed by atoms with E-state index in [4.69, 9.17) is 4.74 Å². The number of halogens is 1. The van der Waals surface area contributed by atoms with Gasteiger partial charge in [0, 0.05) is 32.4 Å². The van der Waals surface area contributed by atoms with E-state index in [0.717, 1.165) is 57.7 Å². The first-order valence-electron chi connectivity index (χ1n) is 7.04. The molecule has 2 rings (SSSR count). The number of unbranched alkanes of at least 4 members (excludes halogenated alkanes) is 1. The summed E-state index contributed by atoms with van der Waals surface area (Å²) < 4.78 is 18.2. The average Bonchev–Trinajstić information content (AvgIpc) is 2.80. The van der Waals surface area contributed by atoms with E-state index in [0.29, 0.717) is 0 Å². The Balaban J connectivity index is 1.67. The molecule has 1 aliphatic heterocycles. The van der Waals surface area contributed by atoms with Gasteiger partial charge in [0.05, 0.1) is 6.61 Å². The first-order chi connectivity index (χ1) is 9.31. The van der Waals surface area contributed by atoms with Crippen molar-refractivity contribution >= 4 is 5.69 Å². The number of fused-ring (bicyclic) bond motifs is 1. The molecule has 3 nitrogen and oxygen atoms in total. The van der Waals surface area contributed by atoms with Gasteiger partial charge in [0.2, 0.25) is 0 Å². The minimum atomic E-state index is -0.133. The van der Waals surface area contributed by atoms with Crippen LogP contribution in [0.2, 0.25) is 0 Å². The third-order valence-corrected chi connectivity index (χ3v) is 3.55. The largest absolute Gasteiger partial charge is 0.383 e. The zero-order chi connectivity index (χ0) is 13.5. The summed E-state index contributed by atoms with van der Waals surface area (Å²) in [6.45, 7) is 4.73. The van der Waals surface area contributed by atoms with Gasteiger partial charge < -0.3 is 15.0 Å². The number of ether oxygens (including phenoxy) is 1. The molecule has 1 heterocycles. The highest BCUT2D eigenvalue weighted by molar-refractivity contribution is 5.57. The zero-order valence-corrected chi connectivity index (χ0v) is 11.6. The number of nitrogens with zero attached hydrogens (tertiary/aromatic N) is 1. The molecule has 0 bridgehead atoms. The van der Waals surface area contributed by atoms with Crippen LogP contribution in [0.4, 0.5) is 10.1 Å². The number of nitrogens with one attached hydrogen (secondary N) is 1. The van der Waals surface area contributed by atoms with Gasteiger partial charge in [0.1, 0.15) is 5.82 Å². The van der Waals surface area contributed by atoms with Crippen LogP contribution in [0, 0.1) is 5.82 Å². The van der Waals surface area contributed by atoms with Gasteiger partial charge in [-0.15, -0.1) is 0 Å². The standard InChI is InChI=1S/C15H23FN2O/c1-19-11-8-17-7-2-3-9-18-10-6-13-4-5-14(16)12-15(13)18/h4-5,12,17H,2-3,6-11H2,1H3. The quantitative estimate of drug-likeness (QED) is 0.730. The highest BCUT2D eigenvalue weighted by Crippen LogP contribution is 2.28. The first-order valence-corrected chi connectivity index (χ1v) is 7.04. The van der Waals surface area contributed by atoms with Crippen LogP contribution in [0.3, 0.4) is 0 Å². The molecule has 4 heteroatoms. The molecule has 0 radical (unpaired) electrons. The average molecular weight is 266 g/mol. The predicted octanol–water partition coefficient (Wildman–Crippen LogP) is 2.20. The molecule has 19 heavy (non-hydrogen) atoms. The van der Waals surface area contributed by atoms with Crippen molar-refractivity contribution in [3.8, 4) is 0 Å². The molecule has 1 N–H and O–H groups in total. The molecule has 106 valence electrons. The highest BCUT2D eigenvalue weighted by atomic mass is 19.1. The third-order valence-electron chi connectivity index (χ3n) is 3.55. The van der Waals surface area contributed by atoms with E-state index in [1.54, 1.807) is 19.2 Å². The summed E-state index contributed by atoms with van der Waals surface area (Å²) in [4.78, 5) is 2.30. The van der Waals surface area contributed by atoms with Crippen molar-refractivity contribution in [2.24, 2.45) is 0 Å². The number of methoxy groups -OCH3 is 1. The predicted molar refractivity (Wildman–Crippen MR) is 76.3 cm³/mol. The lowest BCUT2D eigenvalue weighted by Crippen LogP contribution is -2.24. The van der Waals surface area contributed by atoms with Crippen LogP contribution in [-0.2, 0) is 11.2 Å². The van der Waals surface area contributed by atoms with E-state index in [-0.39, 0.29) is 5.82 Å². The Labute approximate surface area is 114 Å². The smallest absolute Gasteiger partial charge is 0.125 e. The van der Waals surface area contributed by atoms with E-state index in [1.165, 1.54) is 5.56 Å². The molecule has 0 aliphatic carbocycles. The molecule has 0 unspecified atom stereocenters. The fourth-order valence-corrected chi connectivity index (χ4v) is 2.50. The lowest BCUT2D eigenvalue weighted by molar-refractivity contribution is 0.199. The van der Waals surface area contributed by atoms with Crippen LogP contribution in [0.5, 0.6) is 0 Å². The van der Waals surface area contributed by atoms with Crippen molar-refractivity contribution in [3.63, 3.8) is 0 Å². The Bertz CT molecular complexity index is 398. The van der Waals surface area contributed by atoms with Gasteiger partial charge >= 0.3 is 0 Å². The maximum atomic E-state index is 13.2. The Hall–Kier alpha value is -1.13. The van der Waals surface area contributed by atoms with Crippen LogP contribution >= 0.6 is 0 Å². The van der Waals surface area contributed by atoms with Gasteiger partial charge in [-0.2, -0.15) is 0 Å². The Morgan fingerprint density at radius 1 is 1.32 bits per heavy atom. The van der Waals surface area contributed by atoms with Gasteiger partial charge in [-0.1, -0.05) is 6.07 Å². The summed E-state index contributed by atoms with van der Waals surface area (Å²) in [7, 11) is 1.71. The second-order valence-corrected chi connectivity index (χ2v) is 4.96. The zero-order valence-electron chi connectivity index (χ0n) is 11.6. The number of hydrogen-bond acceptors (Lipinski definition) is 3. The van der Waals surface area contributed by atoms with Crippen LogP contribution in [0.25, 0.3) is 0 Å². The summed E-state index contributed by atoms with van der Waals surface area (Å²) >= 11 is 0. The number of hydrogen-bond donors (Lipinski definition) is 1. The normalized spacial score (nSPS) is 13.9. The van der Waals surface area contributed by atoms with Crippen LogP contribution in [0.15, 0.2) is 18.2 Å².